The van der Waals surface area contributed by atoms with Gasteiger partial charge in [0.2, 0.25) is 0 Å². The first-order chi connectivity index (χ1) is 8.92. The lowest BCUT2D eigenvalue weighted by Gasteiger charge is -2.29. The molecule has 0 saturated heterocycles. The van der Waals surface area contributed by atoms with Crippen molar-refractivity contribution in [2.75, 3.05) is 26.7 Å². The summed E-state index contributed by atoms with van der Waals surface area (Å²) < 4.78 is 0.284. The largest absolute Gasteiger partial charge is 0.508 e. The van der Waals surface area contributed by atoms with Gasteiger partial charge in [-0.2, -0.15) is 0 Å². The van der Waals surface area contributed by atoms with Crippen LogP contribution in [0.2, 0.25) is 0 Å². The van der Waals surface area contributed by atoms with Crippen molar-refractivity contribution in [3.05, 3.63) is 29.8 Å². The lowest BCUT2D eigenvalue weighted by Crippen LogP contribution is -2.54. The van der Waals surface area contributed by atoms with Gasteiger partial charge in [-0.15, -0.1) is 0 Å². The molecule has 0 radical (unpaired) electrons. The SMILES string of the molecule is CC[N+](C)(CC)C(=O)NCC(O)c1cccc(O)c1. The Bertz CT molecular complexity index is 430. The van der Waals surface area contributed by atoms with Crippen LogP contribution < -0.4 is 5.32 Å². The number of aromatic hydroxyl groups is 1. The minimum atomic E-state index is -0.821. The van der Waals surface area contributed by atoms with E-state index in [0.29, 0.717) is 18.7 Å². The average Bonchev–Trinajstić information content (AvgIpc) is 2.43. The molecule has 0 aromatic heterocycles. The smallest absolute Gasteiger partial charge is 0.416 e. The van der Waals surface area contributed by atoms with Gasteiger partial charge in [0.05, 0.1) is 32.8 Å². The quantitative estimate of drug-likeness (QED) is 0.710. The number of aliphatic hydroxyl groups excluding tert-OH is 1. The summed E-state index contributed by atoms with van der Waals surface area (Å²) in [6.07, 6.45) is -0.821. The highest BCUT2D eigenvalue weighted by atomic mass is 16.3. The maximum Gasteiger partial charge on any atom is 0.416 e. The fraction of sp³-hybridized carbons (Fsp3) is 0.500. The van der Waals surface area contributed by atoms with E-state index in [1.54, 1.807) is 12.1 Å². The van der Waals surface area contributed by atoms with Crippen LogP contribution in [0.15, 0.2) is 24.3 Å². The Morgan fingerprint density at radius 1 is 1.37 bits per heavy atom. The second kappa shape index (κ2) is 6.54. The highest BCUT2D eigenvalue weighted by Gasteiger charge is 2.27. The molecule has 0 aliphatic rings. The zero-order valence-electron chi connectivity index (χ0n) is 11.8. The van der Waals surface area contributed by atoms with Gasteiger partial charge in [-0.05, 0) is 31.5 Å². The summed E-state index contributed by atoms with van der Waals surface area (Å²) in [6, 6.07) is 6.30. The molecule has 1 aromatic rings. The minimum absolute atomic E-state index is 0.102. The van der Waals surface area contributed by atoms with E-state index in [9.17, 15) is 15.0 Å². The zero-order valence-corrected chi connectivity index (χ0v) is 11.8. The molecule has 2 amide bonds. The first-order valence-electron chi connectivity index (χ1n) is 6.53. The fourth-order valence-corrected chi connectivity index (χ4v) is 1.74. The van der Waals surface area contributed by atoms with Gasteiger partial charge in [0.25, 0.3) is 0 Å². The molecule has 3 N–H and O–H groups in total. The number of urea groups is 1. The summed E-state index contributed by atoms with van der Waals surface area (Å²) >= 11 is 0. The number of aliphatic hydroxyl groups is 1. The minimum Gasteiger partial charge on any atom is -0.508 e. The molecule has 1 aromatic carbocycles. The molecule has 1 unspecified atom stereocenters. The summed E-state index contributed by atoms with van der Waals surface area (Å²) in [5.41, 5.74) is 0.586. The van der Waals surface area contributed by atoms with Crippen LogP contribution in [0.1, 0.15) is 25.5 Å². The summed E-state index contributed by atoms with van der Waals surface area (Å²) in [5, 5.41) is 22.1. The van der Waals surface area contributed by atoms with E-state index in [1.165, 1.54) is 12.1 Å². The maximum atomic E-state index is 12.0. The van der Waals surface area contributed by atoms with Crippen molar-refractivity contribution in [2.24, 2.45) is 0 Å². The van der Waals surface area contributed by atoms with Crippen LogP contribution in [0.4, 0.5) is 4.79 Å². The highest BCUT2D eigenvalue weighted by molar-refractivity contribution is 5.66. The van der Waals surface area contributed by atoms with Crippen LogP contribution in [-0.2, 0) is 0 Å². The third kappa shape index (κ3) is 3.94. The number of nitrogens with zero attached hydrogens (tertiary/aromatic N) is 1. The second-order valence-electron chi connectivity index (χ2n) is 4.83. The molecule has 0 fully saturated rings. The Hall–Kier alpha value is -1.59. The molecule has 0 aliphatic carbocycles. The van der Waals surface area contributed by atoms with E-state index in [-0.39, 0.29) is 22.8 Å². The van der Waals surface area contributed by atoms with Gasteiger partial charge >= 0.3 is 6.03 Å². The number of hydrogen-bond donors (Lipinski definition) is 3. The topological polar surface area (TPSA) is 69.6 Å². The number of hydrogen-bond acceptors (Lipinski definition) is 3. The second-order valence-corrected chi connectivity index (χ2v) is 4.83. The van der Waals surface area contributed by atoms with E-state index in [1.807, 2.05) is 20.9 Å². The van der Waals surface area contributed by atoms with Crippen molar-refractivity contribution >= 4 is 6.03 Å². The van der Waals surface area contributed by atoms with Crippen molar-refractivity contribution in [3.8, 4) is 5.75 Å². The molecule has 19 heavy (non-hydrogen) atoms. The summed E-state index contributed by atoms with van der Waals surface area (Å²) in [5.74, 6) is 0.102. The third-order valence-corrected chi connectivity index (χ3v) is 3.59. The Morgan fingerprint density at radius 3 is 2.53 bits per heavy atom. The Labute approximate surface area is 114 Å². The molecule has 5 heteroatoms. The fourth-order valence-electron chi connectivity index (χ4n) is 1.74. The zero-order chi connectivity index (χ0) is 14.5. The normalized spacial score (nSPS) is 13.1. The van der Waals surface area contributed by atoms with Gasteiger partial charge in [-0.3, -0.25) is 0 Å². The van der Waals surface area contributed by atoms with E-state index < -0.39 is 6.10 Å². The van der Waals surface area contributed by atoms with Gasteiger partial charge in [-0.1, -0.05) is 12.1 Å². The van der Waals surface area contributed by atoms with Crippen molar-refractivity contribution in [2.45, 2.75) is 20.0 Å². The monoisotopic (exact) mass is 267 g/mol. The van der Waals surface area contributed by atoms with E-state index in [0.717, 1.165) is 0 Å². The molecular formula is C14H23N2O3+. The first kappa shape index (κ1) is 15.5. The molecule has 0 bridgehead atoms. The third-order valence-electron chi connectivity index (χ3n) is 3.59. The lowest BCUT2D eigenvalue weighted by atomic mass is 10.1. The molecule has 0 saturated carbocycles. The average molecular weight is 267 g/mol. The van der Waals surface area contributed by atoms with Gasteiger partial charge in [0.15, 0.2) is 0 Å². The van der Waals surface area contributed by atoms with Crippen molar-refractivity contribution < 1.29 is 19.5 Å². The van der Waals surface area contributed by atoms with Crippen LogP contribution in [0.3, 0.4) is 0 Å². The van der Waals surface area contributed by atoms with Crippen LogP contribution in [0.25, 0.3) is 0 Å². The first-order valence-corrected chi connectivity index (χ1v) is 6.53. The number of rotatable bonds is 5. The predicted octanol–water partition coefficient (Wildman–Crippen LogP) is 1.62. The molecule has 0 aliphatic heterocycles. The molecule has 0 heterocycles. The lowest BCUT2D eigenvalue weighted by molar-refractivity contribution is -0.826. The molecule has 1 atom stereocenters. The number of amides is 2. The molecule has 0 spiro atoms. The van der Waals surface area contributed by atoms with Crippen molar-refractivity contribution in [3.63, 3.8) is 0 Å². The Kier molecular flexibility index (Phi) is 5.32. The number of phenolic OH excluding ortho intramolecular Hbond substituents is 1. The van der Waals surface area contributed by atoms with E-state index in [4.69, 9.17) is 0 Å². The molecule has 5 nitrogen and oxygen atoms in total. The summed E-state index contributed by atoms with van der Waals surface area (Å²) in [7, 11) is 1.86. The number of carbonyl (C=O) groups is 1. The van der Waals surface area contributed by atoms with Crippen LogP contribution >= 0.6 is 0 Å². The van der Waals surface area contributed by atoms with Gasteiger partial charge in [-0.25, -0.2) is 9.28 Å². The number of quaternary nitrogens is 1. The Morgan fingerprint density at radius 2 is 2.00 bits per heavy atom. The Balaban J connectivity index is 2.60. The predicted molar refractivity (Wildman–Crippen MR) is 73.7 cm³/mol. The molecular weight excluding hydrogens is 244 g/mol. The van der Waals surface area contributed by atoms with Crippen LogP contribution in [-0.4, -0.2) is 47.4 Å². The summed E-state index contributed by atoms with van der Waals surface area (Å²) in [6.45, 7) is 5.44. The number of carbonyl (C=O) groups excluding carboxylic acids is 1. The summed E-state index contributed by atoms with van der Waals surface area (Å²) in [4.78, 5) is 12.0. The standard InChI is InChI=1S/C14H22N2O3/c1-4-16(3,5-2)14(19)15-10-13(18)11-7-6-8-12(17)9-11/h6-9,13,18H,4-5,10H2,1-3H3,(H-,15,17,19)/p+1. The van der Waals surface area contributed by atoms with Gasteiger partial charge in [0.1, 0.15) is 5.75 Å². The van der Waals surface area contributed by atoms with Crippen molar-refractivity contribution in [1.82, 2.24) is 5.32 Å². The molecule has 106 valence electrons. The van der Waals surface area contributed by atoms with Crippen LogP contribution in [0.5, 0.6) is 5.75 Å². The number of benzene rings is 1. The number of phenols is 1. The highest BCUT2D eigenvalue weighted by Crippen LogP contribution is 2.17. The molecule has 1 rings (SSSR count). The van der Waals surface area contributed by atoms with E-state index >= 15 is 0 Å². The number of nitrogens with one attached hydrogen (secondary N) is 1. The maximum absolute atomic E-state index is 12.0. The van der Waals surface area contributed by atoms with Gasteiger partial charge < -0.3 is 15.5 Å². The van der Waals surface area contributed by atoms with Crippen LogP contribution in [0, 0.1) is 0 Å². The van der Waals surface area contributed by atoms with Crippen molar-refractivity contribution in [1.29, 1.82) is 0 Å². The van der Waals surface area contributed by atoms with E-state index in [2.05, 4.69) is 5.32 Å². The van der Waals surface area contributed by atoms with Gasteiger partial charge in [0, 0.05) is 0 Å².